The largest absolute Gasteiger partial charge is 0.306 e. The molecule has 3 nitrogen and oxygen atoms in total. The molecular formula is C13H28N2O. The third kappa shape index (κ3) is 6.96. The van der Waals surface area contributed by atoms with Crippen molar-refractivity contribution in [3.63, 3.8) is 0 Å². The maximum atomic E-state index is 11.7. The third-order valence-electron chi connectivity index (χ3n) is 2.87. The number of likely N-dealkylation sites (N-methyl/N-ethyl adjacent to an activating group) is 1. The van der Waals surface area contributed by atoms with Gasteiger partial charge < -0.3 is 10.2 Å². The Labute approximate surface area is 101 Å². The van der Waals surface area contributed by atoms with Crippen molar-refractivity contribution in [1.29, 1.82) is 0 Å². The van der Waals surface area contributed by atoms with E-state index in [1.165, 1.54) is 0 Å². The number of carbonyl (C=O) groups is 1. The smallest absolute Gasteiger partial charge is 0.149 e. The van der Waals surface area contributed by atoms with Crippen LogP contribution < -0.4 is 5.32 Å². The normalized spacial score (nSPS) is 13.4. The van der Waals surface area contributed by atoms with Gasteiger partial charge in [-0.3, -0.25) is 4.79 Å². The zero-order chi connectivity index (χ0) is 12.6. The SMILES string of the molecule is CCN(CC)CCNC(C)C(=O)CC(C)C. The molecule has 96 valence electrons. The quantitative estimate of drug-likeness (QED) is 0.654. The summed E-state index contributed by atoms with van der Waals surface area (Å²) >= 11 is 0. The van der Waals surface area contributed by atoms with Crippen LogP contribution in [0.25, 0.3) is 0 Å². The van der Waals surface area contributed by atoms with Crippen molar-refractivity contribution < 1.29 is 4.79 Å². The average Bonchev–Trinajstić information content (AvgIpc) is 2.23. The molecule has 0 saturated heterocycles. The van der Waals surface area contributed by atoms with Crippen LogP contribution in [0, 0.1) is 5.92 Å². The Bertz CT molecular complexity index is 188. The van der Waals surface area contributed by atoms with Crippen molar-refractivity contribution in [2.45, 2.75) is 47.1 Å². The molecule has 1 atom stereocenters. The molecule has 0 aliphatic carbocycles. The van der Waals surface area contributed by atoms with E-state index in [0.717, 1.165) is 26.2 Å². The van der Waals surface area contributed by atoms with E-state index in [1.807, 2.05) is 6.92 Å². The van der Waals surface area contributed by atoms with Gasteiger partial charge in [-0.25, -0.2) is 0 Å². The first-order valence-corrected chi connectivity index (χ1v) is 6.49. The third-order valence-corrected chi connectivity index (χ3v) is 2.87. The number of nitrogens with one attached hydrogen (secondary N) is 1. The van der Waals surface area contributed by atoms with Crippen LogP contribution >= 0.6 is 0 Å². The second-order valence-corrected chi connectivity index (χ2v) is 4.77. The highest BCUT2D eigenvalue weighted by molar-refractivity contribution is 5.83. The van der Waals surface area contributed by atoms with Crippen LogP contribution in [-0.2, 0) is 4.79 Å². The standard InChI is InChI=1S/C13H28N2O/c1-6-15(7-2)9-8-14-12(5)13(16)10-11(3)4/h11-12,14H,6-10H2,1-5H3. The molecule has 0 aromatic rings. The maximum absolute atomic E-state index is 11.7. The van der Waals surface area contributed by atoms with Gasteiger partial charge >= 0.3 is 0 Å². The van der Waals surface area contributed by atoms with E-state index >= 15 is 0 Å². The van der Waals surface area contributed by atoms with E-state index < -0.39 is 0 Å². The molecule has 0 fully saturated rings. The fraction of sp³-hybridized carbons (Fsp3) is 0.923. The molecule has 0 spiro atoms. The lowest BCUT2D eigenvalue weighted by Gasteiger charge is -2.20. The Morgan fingerprint density at radius 1 is 1.19 bits per heavy atom. The van der Waals surface area contributed by atoms with Gasteiger partial charge in [0.25, 0.3) is 0 Å². The van der Waals surface area contributed by atoms with Gasteiger partial charge in [-0.1, -0.05) is 27.7 Å². The summed E-state index contributed by atoms with van der Waals surface area (Å²) in [5.74, 6) is 0.786. The topological polar surface area (TPSA) is 32.3 Å². The molecule has 16 heavy (non-hydrogen) atoms. The number of hydrogen-bond donors (Lipinski definition) is 1. The highest BCUT2D eigenvalue weighted by Gasteiger charge is 2.13. The van der Waals surface area contributed by atoms with E-state index in [-0.39, 0.29) is 6.04 Å². The number of ketones is 1. The van der Waals surface area contributed by atoms with E-state index in [9.17, 15) is 4.79 Å². The van der Waals surface area contributed by atoms with Gasteiger partial charge in [-0.2, -0.15) is 0 Å². The van der Waals surface area contributed by atoms with Crippen LogP contribution in [0.2, 0.25) is 0 Å². The van der Waals surface area contributed by atoms with Crippen molar-refractivity contribution in [3.05, 3.63) is 0 Å². The summed E-state index contributed by atoms with van der Waals surface area (Å²) in [6, 6.07) is -0.00189. The van der Waals surface area contributed by atoms with Crippen LogP contribution in [0.4, 0.5) is 0 Å². The molecule has 1 unspecified atom stereocenters. The van der Waals surface area contributed by atoms with Crippen molar-refractivity contribution in [1.82, 2.24) is 10.2 Å². The monoisotopic (exact) mass is 228 g/mol. The highest BCUT2D eigenvalue weighted by atomic mass is 16.1. The molecule has 0 aromatic heterocycles. The first kappa shape index (κ1) is 15.6. The van der Waals surface area contributed by atoms with Gasteiger partial charge in [-0.15, -0.1) is 0 Å². The molecule has 0 aliphatic heterocycles. The summed E-state index contributed by atoms with van der Waals surface area (Å²) in [6.45, 7) is 14.5. The van der Waals surface area contributed by atoms with Crippen LogP contribution in [0.1, 0.15) is 41.0 Å². The van der Waals surface area contributed by atoms with Gasteiger partial charge in [0, 0.05) is 19.5 Å². The van der Waals surface area contributed by atoms with Gasteiger partial charge in [-0.05, 0) is 25.9 Å². The van der Waals surface area contributed by atoms with E-state index in [4.69, 9.17) is 0 Å². The fourth-order valence-corrected chi connectivity index (χ4v) is 1.67. The van der Waals surface area contributed by atoms with Crippen LogP contribution in [0.3, 0.4) is 0 Å². The molecule has 0 rings (SSSR count). The Hall–Kier alpha value is -0.410. The fourth-order valence-electron chi connectivity index (χ4n) is 1.67. The van der Waals surface area contributed by atoms with Crippen LogP contribution in [0.5, 0.6) is 0 Å². The second kappa shape index (κ2) is 8.71. The molecule has 0 aromatic carbocycles. The predicted molar refractivity (Wildman–Crippen MR) is 69.7 cm³/mol. The summed E-state index contributed by atoms with van der Waals surface area (Å²) in [7, 11) is 0. The molecule has 0 amide bonds. The van der Waals surface area contributed by atoms with Gasteiger partial charge in [0.15, 0.2) is 0 Å². The molecular weight excluding hydrogens is 200 g/mol. The molecule has 0 saturated carbocycles. The first-order valence-electron chi connectivity index (χ1n) is 6.49. The van der Waals surface area contributed by atoms with E-state index in [1.54, 1.807) is 0 Å². The lowest BCUT2D eigenvalue weighted by Crippen LogP contribution is -2.40. The van der Waals surface area contributed by atoms with Crippen molar-refractivity contribution in [2.24, 2.45) is 5.92 Å². The average molecular weight is 228 g/mol. The van der Waals surface area contributed by atoms with Crippen LogP contribution in [-0.4, -0.2) is 42.9 Å². The van der Waals surface area contributed by atoms with Crippen LogP contribution in [0.15, 0.2) is 0 Å². The molecule has 0 radical (unpaired) electrons. The molecule has 1 N–H and O–H groups in total. The van der Waals surface area contributed by atoms with Crippen molar-refractivity contribution in [2.75, 3.05) is 26.2 Å². The van der Waals surface area contributed by atoms with E-state index in [0.29, 0.717) is 18.1 Å². The Kier molecular flexibility index (Phi) is 8.49. The highest BCUT2D eigenvalue weighted by Crippen LogP contribution is 2.02. The van der Waals surface area contributed by atoms with Gasteiger partial charge in [0.2, 0.25) is 0 Å². The van der Waals surface area contributed by atoms with E-state index in [2.05, 4.69) is 37.9 Å². The van der Waals surface area contributed by atoms with Gasteiger partial charge in [0.05, 0.1) is 6.04 Å². The number of carbonyl (C=O) groups excluding carboxylic acids is 1. The Morgan fingerprint density at radius 3 is 2.19 bits per heavy atom. The Balaban J connectivity index is 3.71. The maximum Gasteiger partial charge on any atom is 0.149 e. The summed E-state index contributed by atoms with van der Waals surface area (Å²) in [4.78, 5) is 14.0. The lowest BCUT2D eigenvalue weighted by molar-refractivity contribution is -0.121. The number of Topliss-reactive ketones (excluding diaryl/α,β-unsaturated/α-hetero) is 1. The number of nitrogens with zero attached hydrogens (tertiary/aromatic N) is 1. The molecule has 0 bridgehead atoms. The van der Waals surface area contributed by atoms with Crippen molar-refractivity contribution in [3.8, 4) is 0 Å². The minimum absolute atomic E-state index is 0.00189. The first-order chi connectivity index (χ1) is 7.51. The lowest BCUT2D eigenvalue weighted by atomic mass is 10.0. The number of hydrogen-bond acceptors (Lipinski definition) is 3. The minimum Gasteiger partial charge on any atom is -0.306 e. The summed E-state index contributed by atoms with van der Waals surface area (Å²) < 4.78 is 0. The Morgan fingerprint density at radius 2 is 1.75 bits per heavy atom. The zero-order valence-electron chi connectivity index (χ0n) is 11.5. The second-order valence-electron chi connectivity index (χ2n) is 4.77. The predicted octanol–water partition coefficient (Wildman–Crippen LogP) is 1.92. The summed E-state index contributed by atoms with van der Waals surface area (Å²) in [6.07, 6.45) is 0.680. The number of rotatable bonds is 9. The summed E-state index contributed by atoms with van der Waals surface area (Å²) in [5, 5.41) is 3.30. The molecule has 0 heterocycles. The zero-order valence-corrected chi connectivity index (χ0v) is 11.5. The van der Waals surface area contributed by atoms with Gasteiger partial charge in [0.1, 0.15) is 5.78 Å². The molecule has 0 aliphatic rings. The molecule has 3 heteroatoms. The summed E-state index contributed by atoms with van der Waals surface area (Å²) in [5.41, 5.74) is 0. The van der Waals surface area contributed by atoms with Crippen molar-refractivity contribution >= 4 is 5.78 Å². The minimum atomic E-state index is -0.00189.